The lowest BCUT2D eigenvalue weighted by Crippen LogP contribution is -3.00. The fourth-order valence-corrected chi connectivity index (χ4v) is 1.68. The third-order valence-electron chi connectivity index (χ3n) is 2.73. The highest BCUT2D eigenvalue weighted by Crippen LogP contribution is 2.05. The summed E-state index contributed by atoms with van der Waals surface area (Å²) in [6, 6.07) is 8.53. The first-order chi connectivity index (χ1) is 8.01. The van der Waals surface area contributed by atoms with Gasteiger partial charge in [-0.15, -0.1) is 0 Å². The minimum Gasteiger partial charge on any atom is -1.00 e. The van der Waals surface area contributed by atoms with E-state index in [0.29, 0.717) is 0 Å². The number of halogens is 1. The summed E-state index contributed by atoms with van der Waals surface area (Å²) in [5.41, 5.74) is 2.51. The van der Waals surface area contributed by atoms with E-state index in [1.54, 1.807) is 0 Å². The average molecular weight is 269 g/mol. The molecule has 0 spiro atoms. The molecular formula is C15H25ClN2. The highest BCUT2D eigenvalue weighted by molar-refractivity contribution is 5.47. The summed E-state index contributed by atoms with van der Waals surface area (Å²) in [6.07, 6.45) is 3.09. The van der Waals surface area contributed by atoms with Gasteiger partial charge in [-0.25, -0.2) is 0 Å². The van der Waals surface area contributed by atoms with Crippen LogP contribution < -0.4 is 17.7 Å². The second-order valence-corrected chi connectivity index (χ2v) is 5.49. The van der Waals surface area contributed by atoms with Crippen LogP contribution in [0.2, 0.25) is 0 Å². The van der Waals surface area contributed by atoms with Gasteiger partial charge >= 0.3 is 0 Å². The van der Waals surface area contributed by atoms with Crippen LogP contribution in [-0.2, 0) is 6.54 Å². The first kappa shape index (κ1) is 17.2. The van der Waals surface area contributed by atoms with Crippen LogP contribution in [0.1, 0.15) is 17.5 Å². The molecule has 0 bridgehead atoms. The minimum absolute atomic E-state index is 0. The second-order valence-electron chi connectivity index (χ2n) is 5.49. The van der Waals surface area contributed by atoms with Crippen molar-refractivity contribution in [2.45, 2.75) is 13.0 Å². The molecule has 2 nitrogen and oxygen atoms in total. The number of nitrogens with zero attached hydrogens (tertiary/aromatic N) is 1. The lowest BCUT2D eigenvalue weighted by atomic mass is 10.1. The van der Waals surface area contributed by atoms with Crippen molar-refractivity contribution >= 4 is 6.08 Å². The summed E-state index contributed by atoms with van der Waals surface area (Å²) < 4.78 is 1.04. The Labute approximate surface area is 118 Å². The van der Waals surface area contributed by atoms with Gasteiger partial charge in [0.25, 0.3) is 0 Å². The maximum absolute atomic E-state index is 3.75. The van der Waals surface area contributed by atoms with Crippen LogP contribution in [0.15, 0.2) is 30.8 Å². The fourth-order valence-electron chi connectivity index (χ4n) is 1.68. The minimum atomic E-state index is 0. The van der Waals surface area contributed by atoms with Gasteiger partial charge in [0.2, 0.25) is 0 Å². The van der Waals surface area contributed by atoms with Gasteiger partial charge in [-0.3, -0.25) is 0 Å². The van der Waals surface area contributed by atoms with Crippen molar-refractivity contribution in [3.63, 3.8) is 0 Å². The lowest BCUT2D eigenvalue weighted by Gasteiger charge is -2.23. The zero-order valence-electron chi connectivity index (χ0n) is 11.7. The molecule has 1 aromatic carbocycles. The largest absolute Gasteiger partial charge is 1.00 e. The highest BCUT2D eigenvalue weighted by Gasteiger charge is 2.04. The Hall–Kier alpha value is -0.830. The van der Waals surface area contributed by atoms with Crippen LogP contribution in [0.4, 0.5) is 0 Å². The Kier molecular flexibility index (Phi) is 7.92. The molecular weight excluding hydrogens is 244 g/mol. The van der Waals surface area contributed by atoms with E-state index >= 15 is 0 Å². The number of benzene rings is 1. The zero-order chi connectivity index (χ0) is 12.7. The molecule has 3 heteroatoms. The van der Waals surface area contributed by atoms with Crippen molar-refractivity contribution in [3.8, 4) is 0 Å². The van der Waals surface area contributed by atoms with Crippen LogP contribution in [0.3, 0.4) is 0 Å². The lowest BCUT2D eigenvalue weighted by molar-refractivity contribution is -0.870. The molecule has 0 amide bonds. The quantitative estimate of drug-likeness (QED) is 0.520. The monoisotopic (exact) mass is 268 g/mol. The van der Waals surface area contributed by atoms with E-state index in [1.807, 2.05) is 6.08 Å². The summed E-state index contributed by atoms with van der Waals surface area (Å²) >= 11 is 0. The van der Waals surface area contributed by atoms with E-state index in [-0.39, 0.29) is 12.4 Å². The molecule has 0 aliphatic carbocycles. The van der Waals surface area contributed by atoms with E-state index in [9.17, 15) is 0 Å². The molecule has 0 saturated heterocycles. The predicted molar refractivity (Wildman–Crippen MR) is 75.8 cm³/mol. The molecule has 0 radical (unpaired) electrons. The normalized spacial score (nSPS) is 10.8. The Balaban J connectivity index is 0.00000289. The maximum atomic E-state index is 3.75. The van der Waals surface area contributed by atoms with Crippen molar-refractivity contribution in [2.24, 2.45) is 0 Å². The van der Waals surface area contributed by atoms with Crippen molar-refractivity contribution in [1.82, 2.24) is 5.32 Å². The Morgan fingerprint density at radius 1 is 1.17 bits per heavy atom. The molecule has 0 aliphatic heterocycles. The summed E-state index contributed by atoms with van der Waals surface area (Å²) in [7, 11) is 6.69. The van der Waals surface area contributed by atoms with Gasteiger partial charge in [-0.1, -0.05) is 36.9 Å². The van der Waals surface area contributed by atoms with E-state index < -0.39 is 0 Å². The summed E-state index contributed by atoms with van der Waals surface area (Å²) in [5, 5.41) is 3.48. The third kappa shape index (κ3) is 7.49. The zero-order valence-corrected chi connectivity index (χ0v) is 12.5. The molecule has 0 aromatic heterocycles. The van der Waals surface area contributed by atoms with Gasteiger partial charge in [-0.05, 0) is 11.1 Å². The van der Waals surface area contributed by atoms with Crippen LogP contribution in [-0.4, -0.2) is 38.7 Å². The van der Waals surface area contributed by atoms with E-state index in [1.165, 1.54) is 24.1 Å². The number of quaternary nitrogens is 1. The molecule has 0 atom stereocenters. The summed E-state index contributed by atoms with van der Waals surface area (Å²) in [5.74, 6) is 0. The van der Waals surface area contributed by atoms with Gasteiger partial charge in [0, 0.05) is 19.5 Å². The Bertz CT molecular complexity index is 339. The van der Waals surface area contributed by atoms with Crippen molar-refractivity contribution in [3.05, 3.63) is 42.0 Å². The molecule has 0 unspecified atom stereocenters. The fraction of sp³-hybridized carbons (Fsp3) is 0.467. The molecule has 1 N–H and O–H groups in total. The number of rotatable bonds is 7. The van der Waals surface area contributed by atoms with Gasteiger partial charge in [-0.2, -0.15) is 0 Å². The van der Waals surface area contributed by atoms with Gasteiger partial charge in [0.15, 0.2) is 0 Å². The maximum Gasteiger partial charge on any atom is 0.0792 e. The third-order valence-corrected chi connectivity index (χ3v) is 2.73. The molecule has 0 aliphatic rings. The van der Waals surface area contributed by atoms with E-state index in [2.05, 4.69) is 57.3 Å². The second kappa shape index (κ2) is 8.30. The average Bonchev–Trinajstić information content (AvgIpc) is 2.28. The van der Waals surface area contributed by atoms with Crippen LogP contribution in [0, 0.1) is 0 Å². The van der Waals surface area contributed by atoms with Crippen molar-refractivity contribution in [2.75, 3.05) is 34.2 Å². The van der Waals surface area contributed by atoms with Gasteiger partial charge < -0.3 is 22.2 Å². The van der Waals surface area contributed by atoms with Crippen molar-refractivity contribution in [1.29, 1.82) is 0 Å². The summed E-state index contributed by atoms with van der Waals surface area (Å²) in [4.78, 5) is 0. The predicted octanol–water partition coefficient (Wildman–Crippen LogP) is -0.480. The molecule has 0 saturated carbocycles. The SMILES string of the molecule is C=Cc1ccc(CNCCC[N+](C)(C)C)cc1.[Cl-]. The topological polar surface area (TPSA) is 12.0 Å². The van der Waals surface area contributed by atoms with Gasteiger partial charge in [0.05, 0.1) is 27.7 Å². The molecule has 1 aromatic rings. The van der Waals surface area contributed by atoms with Gasteiger partial charge in [0.1, 0.15) is 0 Å². The Morgan fingerprint density at radius 2 is 1.78 bits per heavy atom. The summed E-state index contributed by atoms with van der Waals surface area (Å²) in [6.45, 7) is 7.00. The smallest absolute Gasteiger partial charge is 0.0792 e. The van der Waals surface area contributed by atoms with E-state index in [0.717, 1.165) is 17.6 Å². The first-order valence-corrected chi connectivity index (χ1v) is 6.24. The van der Waals surface area contributed by atoms with Crippen LogP contribution in [0.25, 0.3) is 6.08 Å². The van der Waals surface area contributed by atoms with E-state index in [4.69, 9.17) is 0 Å². The van der Waals surface area contributed by atoms with Crippen molar-refractivity contribution < 1.29 is 16.9 Å². The first-order valence-electron chi connectivity index (χ1n) is 6.24. The number of hydrogen-bond donors (Lipinski definition) is 1. The molecule has 102 valence electrons. The Morgan fingerprint density at radius 3 is 2.28 bits per heavy atom. The standard InChI is InChI=1S/C15H25N2.ClH/c1-5-14-7-9-15(10-8-14)13-16-11-6-12-17(2,3)4;/h5,7-10,16H,1,6,11-13H2,2-4H3;1H/q+1;/p-1. The highest BCUT2D eigenvalue weighted by atomic mass is 35.5. The molecule has 18 heavy (non-hydrogen) atoms. The molecule has 1 rings (SSSR count). The molecule has 0 heterocycles. The number of hydrogen-bond acceptors (Lipinski definition) is 1. The molecule has 0 fully saturated rings. The van der Waals surface area contributed by atoms with Crippen LogP contribution in [0.5, 0.6) is 0 Å². The number of nitrogens with one attached hydrogen (secondary N) is 1. The van der Waals surface area contributed by atoms with Crippen LogP contribution >= 0.6 is 0 Å².